The van der Waals surface area contributed by atoms with Crippen LogP contribution >= 0.6 is 24.0 Å². The van der Waals surface area contributed by atoms with Crippen LogP contribution in [-0.4, -0.2) is 48.6 Å². The van der Waals surface area contributed by atoms with E-state index >= 15 is 0 Å². The number of piperidine rings is 1. The van der Waals surface area contributed by atoms with Crippen LogP contribution < -0.4 is 10.6 Å². The molecule has 2 atom stereocenters. The van der Waals surface area contributed by atoms with Gasteiger partial charge in [0.05, 0.1) is 0 Å². The Kier molecular flexibility index (Phi) is 8.13. The Morgan fingerprint density at radius 2 is 1.72 bits per heavy atom. The van der Waals surface area contributed by atoms with Gasteiger partial charge in [0, 0.05) is 49.2 Å². The second kappa shape index (κ2) is 10.4. The highest BCUT2D eigenvalue weighted by Crippen LogP contribution is 2.43. The monoisotopic (exact) mass is 518 g/mol. The average Bonchev–Trinajstić information content (AvgIpc) is 3.20. The first-order valence-electron chi connectivity index (χ1n) is 10.9. The molecule has 2 N–H and O–H groups in total. The third-order valence-corrected chi connectivity index (χ3v) is 6.51. The summed E-state index contributed by atoms with van der Waals surface area (Å²) in [6.07, 6.45) is 8.46. The summed E-state index contributed by atoms with van der Waals surface area (Å²) in [4.78, 5) is 7.22. The minimum atomic E-state index is -0.449. The van der Waals surface area contributed by atoms with Gasteiger partial charge in [0.15, 0.2) is 5.96 Å². The molecule has 3 aliphatic rings. The maximum absolute atomic E-state index is 14.0. The van der Waals surface area contributed by atoms with Crippen LogP contribution in [0.2, 0.25) is 0 Å². The Morgan fingerprint density at radius 3 is 2.34 bits per heavy atom. The van der Waals surface area contributed by atoms with E-state index in [9.17, 15) is 8.78 Å². The van der Waals surface area contributed by atoms with Crippen molar-refractivity contribution in [2.24, 2.45) is 4.99 Å². The van der Waals surface area contributed by atoms with Gasteiger partial charge in [-0.2, -0.15) is 0 Å². The molecule has 1 aromatic carbocycles. The Labute approximate surface area is 189 Å². The number of benzene rings is 1. The average molecular weight is 518 g/mol. The smallest absolute Gasteiger partial charge is 0.191 e. The molecule has 29 heavy (non-hydrogen) atoms. The summed E-state index contributed by atoms with van der Waals surface area (Å²) in [5.74, 6) is -0.230. The quantitative estimate of drug-likeness (QED) is 0.345. The molecule has 0 bridgehead atoms. The number of rotatable bonds is 5. The molecule has 1 aliphatic heterocycles. The molecule has 0 spiro atoms. The summed E-state index contributed by atoms with van der Waals surface area (Å²) in [5.41, 5.74) is 0.209. The van der Waals surface area contributed by atoms with Crippen molar-refractivity contribution >= 4 is 29.9 Å². The first-order chi connectivity index (χ1) is 13.7. The lowest BCUT2D eigenvalue weighted by Gasteiger charge is -2.36. The SMILES string of the molecule is CCN=C(NC1CCN(C2CCCC2)CC1)NC1CC1c1c(F)cccc1F.I. The predicted octanol–water partition coefficient (Wildman–Crippen LogP) is 4.40. The zero-order valence-corrected chi connectivity index (χ0v) is 19.5. The molecule has 1 heterocycles. The number of likely N-dealkylation sites (tertiary alicyclic amines) is 1. The number of hydrogen-bond acceptors (Lipinski definition) is 2. The highest BCUT2D eigenvalue weighted by molar-refractivity contribution is 14.0. The third-order valence-electron chi connectivity index (χ3n) is 6.51. The highest BCUT2D eigenvalue weighted by atomic mass is 127. The molecular weight excluding hydrogens is 485 g/mol. The van der Waals surface area contributed by atoms with Crippen LogP contribution in [0.25, 0.3) is 0 Å². The molecule has 4 rings (SSSR count). The molecule has 1 aromatic rings. The Morgan fingerprint density at radius 1 is 1.07 bits per heavy atom. The molecule has 2 aliphatic carbocycles. The third kappa shape index (κ3) is 5.60. The molecule has 0 radical (unpaired) electrons. The topological polar surface area (TPSA) is 39.7 Å². The fourth-order valence-corrected chi connectivity index (χ4v) is 4.88. The number of aliphatic imine (C=N–C) groups is 1. The van der Waals surface area contributed by atoms with Gasteiger partial charge in [-0.15, -0.1) is 24.0 Å². The molecular formula is C22H33F2IN4. The predicted molar refractivity (Wildman–Crippen MR) is 124 cm³/mol. The van der Waals surface area contributed by atoms with Crippen molar-refractivity contribution in [2.45, 2.75) is 75.9 Å². The molecule has 1 saturated heterocycles. The highest BCUT2D eigenvalue weighted by Gasteiger charge is 2.42. The van der Waals surface area contributed by atoms with Crippen molar-refractivity contribution < 1.29 is 8.78 Å². The second-order valence-corrected chi connectivity index (χ2v) is 8.44. The number of nitrogens with one attached hydrogen (secondary N) is 2. The van der Waals surface area contributed by atoms with Gasteiger partial charge >= 0.3 is 0 Å². The zero-order chi connectivity index (χ0) is 19.5. The summed E-state index contributed by atoms with van der Waals surface area (Å²) < 4.78 is 28.0. The van der Waals surface area contributed by atoms with E-state index < -0.39 is 11.6 Å². The first-order valence-corrected chi connectivity index (χ1v) is 10.9. The largest absolute Gasteiger partial charge is 0.354 e. The molecule has 0 amide bonds. The van der Waals surface area contributed by atoms with Crippen molar-refractivity contribution in [3.8, 4) is 0 Å². The fourth-order valence-electron chi connectivity index (χ4n) is 4.88. The van der Waals surface area contributed by atoms with E-state index in [2.05, 4.69) is 20.5 Å². The molecule has 0 aromatic heterocycles. The lowest BCUT2D eigenvalue weighted by Crippen LogP contribution is -2.50. The Balaban J connectivity index is 0.00000240. The lowest BCUT2D eigenvalue weighted by atomic mass is 10.0. The molecule has 4 nitrogen and oxygen atoms in total. The van der Waals surface area contributed by atoms with Crippen molar-refractivity contribution in [2.75, 3.05) is 19.6 Å². The Bertz CT molecular complexity index is 680. The van der Waals surface area contributed by atoms with E-state index in [0.717, 1.165) is 44.4 Å². The van der Waals surface area contributed by atoms with Crippen LogP contribution in [0.5, 0.6) is 0 Å². The van der Waals surface area contributed by atoms with Crippen molar-refractivity contribution in [3.63, 3.8) is 0 Å². The second-order valence-electron chi connectivity index (χ2n) is 8.44. The molecule has 7 heteroatoms. The molecule has 162 valence electrons. The summed E-state index contributed by atoms with van der Waals surface area (Å²) in [7, 11) is 0. The van der Waals surface area contributed by atoms with Crippen LogP contribution in [0.4, 0.5) is 8.78 Å². The Hall–Kier alpha value is -0.960. The number of nitrogens with zero attached hydrogens (tertiary/aromatic N) is 2. The van der Waals surface area contributed by atoms with E-state index in [1.807, 2.05) is 6.92 Å². The minimum Gasteiger partial charge on any atom is -0.354 e. The first kappa shape index (κ1) is 22.7. The van der Waals surface area contributed by atoms with Gasteiger partial charge in [0.2, 0.25) is 0 Å². The van der Waals surface area contributed by atoms with Gasteiger partial charge in [-0.3, -0.25) is 4.99 Å². The van der Waals surface area contributed by atoms with Crippen LogP contribution in [0.3, 0.4) is 0 Å². The standard InChI is InChI=1S/C22H32F2N4.HI/c1-2-25-22(26-15-10-12-28(13-11-15)16-6-3-4-7-16)27-20-14-17(20)21-18(23)8-5-9-19(21)24;/h5,8-9,15-17,20H,2-4,6-7,10-14H2,1H3,(H2,25,26,27);1H. The van der Waals surface area contributed by atoms with E-state index in [1.165, 1.54) is 43.9 Å². The van der Waals surface area contributed by atoms with Crippen molar-refractivity contribution in [1.82, 2.24) is 15.5 Å². The van der Waals surface area contributed by atoms with E-state index in [0.29, 0.717) is 12.6 Å². The summed E-state index contributed by atoms with van der Waals surface area (Å²) in [6, 6.07) is 5.35. The van der Waals surface area contributed by atoms with Gasteiger partial charge in [-0.1, -0.05) is 18.9 Å². The summed E-state index contributed by atoms with van der Waals surface area (Å²) in [5, 5.41) is 6.97. The molecule has 2 saturated carbocycles. The minimum absolute atomic E-state index is 0. The maximum atomic E-state index is 14.0. The summed E-state index contributed by atoms with van der Waals surface area (Å²) in [6.45, 7) is 4.98. The molecule has 3 fully saturated rings. The summed E-state index contributed by atoms with van der Waals surface area (Å²) >= 11 is 0. The van der Waals surface area contributed by atoms with Crippen LogP contribution in [0.15, 0.2) is 23.2 Å². The maximum Gasteiger partial charge on any atom is 0.191 e. The van der Waals surface area contributed by atoms with E-state index in [4.69, 9.17) is 0 Å². The van der Waals surface area contributed by atoms with Crippen LogP contribution in [0.1, 0.15) is 63.4 Å². The number of guanidine groups is 1. The van der Waals surface area contributed by atoms with Gasteiger partial charge in [0.1, 0.15) is 11.6 Å². The van der Waals surface area contributed by atoms with Crippen molar-refractivity contribution in [1.29, 1.82) is 0 Å². The number of hydrogen-bond donors (Lipinski definition) is 2. The fraction of sp³-hybridized carbons (Fsp3) is 0.682. The molecule has 2 unspecified atom stereocenters. The normalized spacial score (nSPS) is 26.2. The number of halogens is 3. The van der Waals surface area contributed by atoms with E-state index in [1.54, 1.807) is 0 Å². The van der Waals surface area contributed by atoms with Gasteiger partial charge in [-0.05, 0) is 51.2 Å². The van der Waals surface area contributed by atoms with Gasteiger partial charge < -0.3 is 15.5 Å². The van der Waals surface area contributed by atoms with Gasteiger partial charge in [-0.25, -0.2) is 8.78 Å². The van der Waals surface area contributed by atoms with Crippen molar-refractivity contribution in [3.05, 3.63) is 35.4 Å². The van der Waals surface area contributed by atoms with E-state index in [-0.39, 0.29) is 41.5 Å². The van der Waals surface area contributed by atoms with Gasteiger partial charge in [0.25, 0.3) is 0 Å². The lowest BCUT2D eigenvalue weighted by molar-refractivity contribution is 0.150. The van der Waals surface area contributed by atoms with Crippen LogP contribution in [0, 0.1) is 11.6 Å². The van der Waals surface area contributed by atoms with Crippen LogP contribution in [-0.2, 0) is 0 Å². The zero-order valence-electron chi connectivity index (χ0n) is 17.2.